The van der Waals surface area contributed by atoms with Gasteiger partial charge in [0.15, 0.2) is 0 Å². The Hall–Kier alpha value is -1.55. The molecule has 0 aromatic heterocycles. The minimum absolute atomic E-state index is 0.305. The molecule has 1 unspecified atom stereocenters. The first-order valence-corrected chi connectivity index (χ1v) is 7.84. The average molecular weight is 290 g/mol. The van der Waals surface area contributed by atoms with Crippen LogP contribution in [-0.2, 0) is 10.3 Å². The van der Waals surface area contributed by atoms with Crippen LogP contribution in [-0.4, -0.2) is 19.1 Å². The zero-order valence-corrected chi connectivity index (χ0v) is 13.0. The van der Waals surface area contributed by atoms with Gasteiger partial charge in [-0.05, 0) is 37.0 Å². The van der Waals surface area contributed by atoms with E-state index in [4.69, 9.17) is 10.5 Å². The van der Waals surface area contributed by atoms with Gasteiger partial charge >= 0.3 is 0 Å². The van der Waals surface area contributed by atoms with Crippen molar-refractivity contribution in [3.63, 3.8) is 0 Å². The van der Waals surface area contributed by atoms with Crippen molar-refractivity contribution in [2.45, 2.75) is 57.0 Å². The van der Waals surface area contributed by atoms with E-state index in [9.17, 15) is 4.79 Å². The number of ether oxygens (including phenoxy) is 1. The molecule has 0 spiro atoms. The van der Waals surface area contributed by atoms with E-state index < -0.39 is 5.54 Å². The third-order valence-electron chi connectivity index (χ3n) is 4.59. The lowest BCUT2D eigenvalue weighted by Gasteiger charge is -2.37. The minimum atomic E-state index is -0.783. The van der Waals surface area contributed by atoms with E-state index in [-0.39, 0.29) is 5.91 Å². The SMILES string of the molecule is CCC(NC1CCCCC1)(C(N)=O)c1ccc(OC)cc1. The van der Waals surface area contributed by atoms with Crippen LogP contribution in [0.2, 0.25) is 0 Å². The molecule has 0 heterocycles. The van der Waals surface area contributed by atoms with Crippen molar-refractivity contribution in [1.29, 1.82) is 0 Å². The van der Waals surface area contributed by atoms with Crippen LogP contribution in [0.3, 0.4) is 0 Å². The summed E-state index contributed by atoms with van der Waals surface area (Å²) in [5.41, 5.74) is 5.91. The number of benzene rings is 1. The highest BCUT2D eigenvalue weighted by Gasteiger charge is 2.38. The maximum atomic E-state index is 12.2. The molecule has 4 heteroatoms. The Kier molecular flexibility index (Phi) is 5.23. The molecule has 1 aromatic carbocycles. The first-order chi connectivity index (χ1) is 10.1. The Morgan fingerprint density at radius 1 is 1.29 bits per heavy atom. The van der Waals surface area contributed by atoms with Crippen LogP contribution in [0, 0.1) is 0 Å². The number of carbonyl (C=O) groups is 1. The van der Waals surface area contributed by atoms with Gasteiger partial charge in [-0.3, -0.25) is 10.1 Å². The Morgan fingerprint density at radius 3 is 2.38 bits per heavy atom. The molecule has 0 radical (unpaired) electrons. The van der Waals surface area contributed by atoms with Gasteiger partial charge in [-0.25, -0.2) is 0 Å². The lowest BCUT2D eigenvalue weighted by atomic mass is 9.83. The lowest BCUT2D eigenvalue weighted by Crippen LogP contribution is -2.56. The Morgan fingerprint density at radius 2 is 1.90 bits per heavy atom. The van der Waals surface area contributed by atoms with Crippen molar-refractivity contribution in [3.8, 4) is 5.75 Å². The molecule has 4 nitrogen and oxygen atoms in total. The molecule has 21 heavy (non-hydrogen) atoms. The summed E-state index contributed by atoms with van der Waals surface area (Å²) in [6.45, 7) is 2.00. The number of rotatable bonds is 6. The Bertz CT molecular complexity index is 466. The second kappa shape index (κ2) is 6.94. The van der Waals surface area contributed by atoms with Crippen LogP contribution in [0.25, 0.3) is 0 Å². The normalized spacial score (nSPS) is 19.0. The molecule has 1 aliphatic carbocycles. The van der Waals surface area contributed by atoms with Crippen molar-refractivity contribution in [3.05, 3.63) is 29.8 Å². The summed E-state index contributed by atoms with van der Waals surface area (Å²) in [6.07, 6.45) is 6.61. The van der Waals surface area contributed by atoms with Crippen LogP contribution >= 0.6 is 0 Å². The number of carbonyl (C=O) groups excluding carboxylic acids is 1. The van der Waals surface area contributed by atoms with E-state index in [0.29, 0.717) is 12.5 Å². The molecule has 1 fully saturated rings. The Labute approximate surface area is 127 Å². The molecule has 1 amide bonds. The van der Waals surface area contributed by atoms with E-state index in [2.05, 4.69) is 5.32 Å². The summed E-state index contributed by atoms with van der Waals surface area (Å²) in [7, 11) is 1.64. The maximum absolute atomic E-state index is 12.2. The second-order valence-electron chi connectivity index (χ2n) is 5.83. The first-order valence-electron chi connectivity index (χ1n) is 7.84. The van der Waals surface area contributed by atoms with Crippen LogP contribution in [0.4, 0.5) is 0 Å². The monoisotopic (exact) mass is 290 g/mol. The van der Waals surface area contributed by atoms with E-state index >= 15 is 0 Å². The van der Waals surface area contributed by atoms with Crippen molar-refractivity contribution in [1.82, 2.24) is 5.32 Å². The van der Waals surface area contributed by atoms with Crippen molar-refractivity contribution < 1.29 is 9.53 Å². The molecule has 2 rings (SSSR count). The predicted molar refractivity (Wildman–Crippen MR) is 84.2 cm³/mol. The number of hydrogen-bond donors (Lipinski definition) is 2. The van der Waals surface area contributed by atoms with E-state index in [0.717, 1.165) is 24.2 Å². The van der Waals surface area contributed by atoms with Gasteiger partial charge in [0, 0.05) is 6.04 Å². The number of nitrogens with two attached hydrogens (primary N) is 1. The van der Waals surface area contributed by atoms with Gasteiger partial charge < -0.3 is 10.5 Å². The van der Waals surface area contributed by atoms with Gasteiger partial charge in [0.25, 0.3) is 0 Å². The van der Waals surface area contributed by atoms with Crippen LogP contribution < -0.4 is 15.8 Å². The molecule has 1 saturated carbocycles. The highest BCUT2D eigenvalue weighted by Crippen LogP contribution is 2.30. The van der Waals surface area contributed by atoms with Crippen molar-refractivity contribution in [2.75, 3.05) is 7.11 Å². The molecule has 116 valence electrons. The van der Waals surface area contributed by atoms with Crippen molar-refractivity contribution in [2.24, 2.45) is 5.73 Å². The van der Waals surface area contributed by atoms with E-state index in [1.807, 2.05) is 31.2 Å². The number of hydrogen-bond acceptors (Lipinski definition) is 3. The van der Waals surface area contributed by atoms with Gasteiger partial charge in [0.05, 0.1) is 7.11 Å². The molecule has 0 saturated heterocycles. The molecule has 1 aromatic rings. The van der Waals surface area contributed by atoms with Crippen LogP contribution in [0.15, 0.2) is 24.3 Å². The number of methoxy groups -OCH3 is 1. The van der Waals surface area contributed by atoms with Crippen LogP contribution in [0.5, 0.6) is 5.75 Å². The van der Waals surface area contributed by atoms with Gasteiger partial charge in [-0.15, -0.1) is 0 Å². The van der Waals surface area contributed by atoms with Crippen molar-refractivity contribution >= 4 is 5.91 Å². The van der Waals surface area contributed by atoms with E-state index in [1.165, 1.54) is 19.3 Å². The fraction of sp³-hybridized carbons (Fsp3) is 0.588. The molecule has 3 N–H and O–H groups in total. The lowest BCUT2D eigenvalue weighted by molar-refractivity contribution is -0.125. The standard InChI is InChI=1S/C17H26N2O2/c1-3-17(16(18)20,19-14-7-5-4-6-8-14)13-9-11-15(21-2)12-10-13/h9-12,14,19H,3-8H2,1-2H3,(H2,18,20). The maximum Gasteiger partial charge on any atom is 0.242 e. The Balaban J connectivity index is 2.28. The summed E-state index contributed by atoms with van der Waals surface area (Å²) in [6, 6.07) is 8.00. The fourth-order valence-electron chi connectivity index (χ4n) is 3.25. The van der Waals surface area contributed by atoms with Gasteiger partial charge in [0.2, 0.25) is 5.91 Å². The third kappa shape index (κ3) is 3.38. The molecular weight excluding hydrogens is 264 g/mol. The summed E-state index contributed by atoms with van der Waals surface area (Å²) in [5, 5.41) is 3.56. The third-order valence-corrected chi connectivity index (χ3v) is 4.59. The van der Waals surface area contributed by atoms with Crippen LogP contribution in [0.1, 0.15) is 51.0 Å². The summed E-state index contributed by atoms with van der Waals surface area (Å²) < 4.78 is 5.19. The predicted octanol–water partition coefficient (Wildman–Crippen LogP) is 2.71. The fourth-order valence-corrected chi connectivity index (χ4v) is 3.25. The molecule has 1 aliphatic rings. The van der Waals surface area contributed by atoms with Gasteiger partial charge in [-0.2, -0.15) is 0 Å². The largest absolute Gasteiger partial charge is 0.497 e. The molecule has 0 bridgehead atoms. The summed E-state index contributed by atoms with van der Waals surface area (Å²) in [4.78, 5) is 12.2. The van der Waals surface area contributed by atoms with Gasteiger partial charge in [0.1, 0.15) is 11.3 Å². The minimum Gasteiger partial charge on any atom is -0.497 e. The number of amides is 1. The highest BCUT2D eigenvalue weighted by atomic mass is 16.5. The quantitative estimate of drug-likeness (QED) is 0.846. The summed E-state index contributed by atoms with van der Waals surface area (Å²) >= 11 is 0. The van der Waals surface area contributed by atoms with Gasteiger partial charge in [-0.1, -0.05) is 38.3 Å². The highest BCUT2D eigenvalue weighted by molar-refractivity contribution is 5.86. The smallest absolute Gasteiger partial charge is 0.242 e. The zero-order chi connectivity index (χ0) is 15.3. The van der Waals surface area contributed by atoms with E-state index in [1.54, 1.807) is 7.11 Å². The number of nitrogens with one attached hydrogen (secondary N) is 1. The second-order valence-corrected chi connectivity index (χ2v) is 5.83. The number of primary amides is 1. The molecular formula is C17H26N2O2. The molecule has 0 aliphatic heterocycles. The average Bonchev–Trinajstić information content (AvgIpc) is 2.53. The molecule has 1 atom stereocenters. The zero-order valence-electron chi connectivity index (χ0n) is 13.0. The topological polar surface area (TPSA) is 64.3 Å². The summed E-state index contributed by atoms with van der Waals surface area (Å²) in [5.74, 6) is 0.478. The first kappa shape index (κ1) is 15.8.